The normalized spacial score (nSPS) is 13.9. The average molecular weight is 460 g/mol. The minimum atomic E-state index is -0.463. The second kappa shape index (κ2) is 9.36. The molecule has 1 N–H and O–H groups in total. The van der Waals surface area contributed by atoms with Crippen molar-refractivity contribution < 1.29 is 14.1 Å². The number of hydrogen-bond donors (Lipinski definition) is 1. The van der Waals surface area contributed by atoms with E-state index in [9.17, 15) is 9.59 Å². The average Bonchev–Trinajstić information content (AvgIpc) is 3.28. The Morgan fingerprint density at radius 1 is 1.06 bits per heavy atom. The van der Waals surface area contributed by atoms with Crippen LogP contribution in [0.1, 0.15) is 10.5 Å². The molecule has 0 saturated carbocycles. The van der Waals surface area contributed by atoms with Crippen LogP contribution >= 0.6 is 23.2 Å². The Labute approximate surface area is 188 Å². The molecule has 1 aromatic carbocycles. The molecular weight excluding hydrogens is 441 g/mol. The van der Waals surface area contributed by atoms with Crippen molar-refractivity contribution >= 4 is 40.8 Å². The van der Waals surface area contributed by atoms with Crippen LogP contribution in [0.4, 0.5) is 5.82 Å². The molecule has 4 rings (SSSR count). The minimum Gasteiger partial charge on any atom is -0.355 e. The van der Waals surface area contributed by atoms with Crippen LogP contribution in [0.3, 0.4) is 0 Å². The van der Waals surface area contributed by atoms with E-state index >= 15 is 0 Å². The fraction of sp³-hybridized carbons (Fsp3) is 0.238. The number of pyridine rings is 1. The highest BCUT2D eigenvalue weighted by Gasteiger charge is 2.24. The highest BCUT2D eigenvalue weighted by atomic mass is 35.5. The molecule has 1 fully saturated rings. The molecule has 8 nitrogen and oxygen atoms in total. The molecule has 1 aliphatic heterocycles. The lowest BCUT2D eigenvalue weighted by Gasteiger charge is -2.35. The first kappa shape index (κ1) is 21.1. The predicted octanol–water partition coefficient (Wildman–Crippen LogP) is 3.12. The number of carbonyl (C=O) groups excluding carboxylic acids is 2. The van der Waals surface area contributed by atoms with Crippen LogP contribution in [-0.2, 0) is 4.79 Å². The molecule has 1 saturated heterocycles. The highest BCUT2D eigenvalue weighted by Crippen LogP contribution is 2.26. The molecular formula is C21H19Cl2N5O3. The number of nitrogens with zero attached hydrogens (tertiary/aromatic N) is 4. The summed E-state index contributed by atoms with van der Waals surface area (Å²) in [6.45, 7) is 2.04. The zero-order valence-electron chi connectivity index (χ0n) is 16.4. The van der Waals surface area contributed by atoms with E-state index in [1.54, 1.807) is 23.2 Å². The SMILES string of the molecule is O=C(NCC(=O)N1CCN(c2ncc(Cl)cc2Cl)CC1)c1cc(-c2ccccc2)on1. The number of nitrogens with one attached hydrogen (secondary N) is 1. The van der Waals surface area contributed by atoms with Gasteiger partial charge in [-0.05, 0) is 6.07 Å². The standard InChI is InChI=1S/C21H19Cl2N5O3/c22-15-10-16(23)20(24-12-15)28-8-6-27(7-9-28)19(29)13-25-21(30)17-11-18(31-26-17)14-4-2-1-3-5-14/h1-5,10-12H,6-9,13H2,(H,25,30). The molecule has 2 aromatic heterocycles. The Bertz CT molecular complexity index is 1080. The molecule has 31 heavy (non-hydrogen) atoms. The summed E-state index contributed by atoms with van der Waals surface area (Å²) in [6.07, 6.45) is 1.54. The van der Waals surface area contributed by atoms with E-state index in [1.807, 2.05) is 35.2 Å². The Hall–Kier alpha value is -3.10. The van der Waals surface area contributed by atoms with Gasteiger partial charge in [0, 0.05) is 44.0 Å². The second-order valence-electron chi connectivity index (χ2n) is 6.95. The molecule has 10 heteroatoms. The van der Waals surface area contributed by atoms with Gasteiger partial charge in [-0.2, -0.15) is 0 Å². The summed E-state index contributed by atoms with van der Waals surface area (Å²) in [5, 5.41) is 7.35. The molecule has 0 aliphatic carbocycles. The van der Waals surface area contributed by atoms with Gasteiger partial charge in [-0.15, -0.1) is 0 Å². The molecule has 1 aliphatic rings. The maximum absolute atomic E-state index is 12.5. The maximum Gasteiger partial charge on any atom is 0.273 e. The number of piperazine rings is 1. The van der Waals surface area contributed by atoms with Crippen molar-refractivity contribution in [2.75, 3.05) is 37.6 Å². The molecule has 0 bridgehead atoms. The molecule has 3 heterocycles. The number of rotatable bonds is 5. The monoisotopic (exact) mass is 459 g/mol. The van der Waals surface area contributed by atoms with E-state index in [0.717, 1.165) is 5.56 Å². The van der Waals surface area contributed by atoms with Gasteiger partial charge in [0.15, 0.2) is 11.5 Å². The number of amides is 2. The van der Waals surface area contributed by atoms with Crippen molar-refractivity contribution in [3.8, 4) is 11.3 Å². The maximum atomic E-state index is 12.5. The molecule has 0 spiro atoms. The van der Waals surface area contributed by atoms with E-state index in [1.165, 1.54) is 0 Å². The summed E-state index contributed by atoms with van der Waals surface area (Å²) < 4.78 is 5.23. The third-order valence-electron chi connectivity index (χ3n) is 4.92. The van der Waals surface area contributed by atoms with Crippen LogP contribution in [0.2, 0.25) is 10.0 Å². The zero-order chi connectivity index (χ0) is 21.8. The smallest absolute Gasteiger partial charge is 0.273 e. The Balaban J connectivity index is 1.28. The number of anilines is 1. The van der Waals surface area contributed by atoms with Crippen molar-refractivity contribution in [1.29, 1.82) is 0 Å². The van der Waals surface area contributed by atoms with Gasteiger partial charge in [0.1, 0.15) is 5.82 Å². The Kier molecular flexibility index (Phi) is 6.39. The van der Waals surface area contributed by atoms with Gasteiger partial charge in [-0.1, -0.05) is 58.7 Å². The fourth-order valence-corrected chi connectivity index (χ4v) is 3.79. The van der Waals surface area contributed by atoms with Crippen LogP contribution in [-0.4, -0.2) is 59.6 Å². The second-order valence-corrected chi connectivity index (χ2v) is 7.80. The summed E-state index contributed by atoms with van der Waals surface area (Å²) in [5.74, 6) is 0.499. The van der Waals surface area contributed by atoms with Crippen molar-refractivity contribution in [2.24, 2.45) is 0 Å². The summed E-state index contributed by atoms with van der Waals surface area (Å²) in [7, 11) is 0. The van der Waals surface area contributed by atoms with E-state index in [0.29, 0.717) is 47.8 Å². The lowest BCUT2D eigenvalue weighted by atomic mass is 10.1. The van der Waals surface area contributed by atoms with Crippen LogP contribution in [0, 0.1) is 0 Å². The molecule has 2 amide bonds. The van der Waals surface area contributed by atoms with Crippen LogP contribution < -0.4 is 10.2 Å². The zero-order valence-corrected chi connectivity index (χ0v) is 17.9. The molecule has 160 valence electrons. The number of aromatic nitrogens is 2. The van der Waals surface area contributed by atoms with Gasteiger partial charge in [-0.3, -0.25) is 9.59 Å². The van der Waals surface area contributed by atoms with Crippen molar-refractivity contribution in [1.82, 2.24) is 20.4 Å². The largest absolute Gasteiger partial charge is 0.355 e. The van der Waals surface area contributed by atoms with E-state index in [2.05, 4.69) is 15.5 Å². The van der Waals surface area contributed by atoms with Crippen molar-refractivity contribution in [2.45, 2.75) is 0 Å². The van der Waals surface area contributed by atoms with Gasteiger partial charge in [0.25, 0.3) is 5.91 Å². The van der Waals surface area contributed by atoms with Crippen LogP contribution in [0.15, 0.2) is 53.2 Å². The molecule has 0 radical (unpaired) electrons. The van der Waals surface area contributed by atoms with Crippen molar-refractivity contribution in [3.05, 3.63) is 64.4 Å². The first-order valence-corrected chi connectivity index (χ1v) is 10.4. The van der Waals surface area contributed by atoms with Crippen LogP contribution in [0.5, 0.6) is 0 Å². The number of carbonyl (C=O) groups is 2. The number of halogens is 2. The van der Waals surface area contributed by atoms with Gasteiger partial charge in [0.2, 0.25) is 5.91 Å². The lowest BCUT2D eigenvalue weighted by molar-refractivity contribution is -0.130. The number of hydrogen-bond acceptors (Lipinski definition) is 6. The highest BCUT2D eigenvalue weighted by molar-refractivity contribution is 6.36. The molecule has 0 unspecified atom stereocenters. The van der Waals surface area contributed by atoms with Gasteiger partial charge < -0.3 is 19.6 Å². The molecule has 0 atom stereocenters. The van der Waals surface area contributed by atoms with Gasteiger partial charge >= 0.3 is 0 Å². The van der Waals surface area contributed by atoms with Gasteiger partial charge in [0.05, 0.1) is 16.6 Å². The summed E-state index contributed by atoms with van der Waals surface area (Å²) in [4.78, 5) is 32.8. The predicted molar refractivity (Wildman–Crippen MR) is 117 cm³/mol. The fourth-order valence-electron chi connectivity index (χ4n) is 3.29. The van der Waals surface area contributed by atoms with Crippen molar-refractivity contribution in [3.63, 3.8) is 0 Å². The van der Waals surface area contributed by atoms with E-state index < -0.39 is 5.91 Å². The summed E-state index contributed by atoms with van der Waals surface area (Å²) in [6, 6.07) is 12.5. The lowest BCUT2D eigenvalue weighted by Crippen LogP contribution is -2.51. The third-order valence-corrected chi connectivity index (χ3v) is 5.41. The first-order chi connectivity index (χ1) is 15.0. The third kappa shape index (κ3) is 4.98. The first-order valence-electron chi connectivity index (χ1n) is 9.65. The number of benzene rings is 1. The topological polar surface area (TPSA) is 91.6 Å². The molecule has 3 aromatic rings. The quantitative estimate of drug-likeness (QED) is 0.629. The summed E-state index contributed by atoms with van der Waals surface area (Å²) in [5.41, 5.74) is 0.943. The van der Waals surface area contributed by atoms with Gasteiger partial charge in [-0.25, -0.2) is 4.98 Å². The summed E-state index contributed by atoms with van der Waals surface area (Å²) >= 11 is 12.1. The Morgan fingerprint density at radius 3 is 2.52 bits per heavy atom. The van der Waals surface area contributed by atoms with Crippen LogP contribution in [0.25, 0.3) is 11.3 Å². The Morgan fingerprint density at radius 2 is 1.81 bits per heavy atom. The van der Waals surface area contributed by atoms with E-state index in [4.69, 9.17) is 27.7 Å². The minimum absolute atomic E-state index is 0.119. The van der Waals surface area contributed by atoms with E-state index in [-0.39, 0.29) is 18.1 Å².